The van der Waals surface area contributed by atoms with Gasteiger partial charge in [0.05, 0.1) is 0 Å². The van der Waals surface area contributed by atoms with Gasteiger partial charge in [-0.05, 0) is 25.1 Å². The number of rotatable bonds is 4. The molecule has 0 aromatic heterocycles. The van der Waals surface area contributed by atoms with Crippen molar-refractivity contribution >= 4 is 17.3 Å². The highest BCUT2D eigenvalue weighted by Gasteiger charge is 2.12. The van der Waals surface area contributed by atoms with Crippen LogP contribution in [0, 0.1) is 0 Å². The molecule has 0 saturated heterocycles. The van der Waals surface area contributed by atoms with Crippen molar-refractivity contribution in [3.8, 4) is 0 Å². The Kier molecular flexibility index (Phi) is 4.12. The molecule has 0 saturated carbocycles. The van der Waals surface area contributed by atoms with Crippen molar-refractivity contribution in [1.82, 2.24) is 0 Å². The number of ether oxygens (including phenoxy) is 1. The number of nitrogens with zero attached hydrogens (tertiary/aromatic N) is 1. The summed E-state index contributed by atoms with van der Waals surface area (Å²) in [6.07, 6.45) is 0. The summed E-state index contributed by atoms with van der Waals surface area (Å²) >= 11 is 0. The Labute approximate surface area is 89.6 Å². The summed E-state index contributed by atoms with van der Waals surface area (Å²) in [4.78, 5) is 13.3. The zero-order chi connectivity index (χ0) is 11.3. The van der Waals surface area contributed by atoms with Gasteiger partial charge in [-0.25, -0.2) is 0 Å². The molecule has 0 radical (unpaired) electrons. The number of carbonyl (C=O) groups is 1. The first-order valence-electron chi connectivity index (χ1n) is 4.84. The standard InChI is InChI=1S/C11H16N2O2/c1-3-13(11(14)8-15-2)10-6-4-5-9(12)7-10/h4-7H,3,8,12H2,1-2H3. The predicted molar refractivity (Wildman–Crippen MR) is 60.8 cm³/mol. The second-order valence-electron chi connectivity index (χ2n) is 3.17. The molecule has 0 aliphatic carbocycles. The van der Waals surface area contributed by atoms with E-state index in [0.717, 1.165) is 5.69 Å². The van der Waals surface area contributed by atoms with Gasteiger partial charge in [0.2, 0.25) is 0 Å². The van der Waals surface area contributed by atoms with E-state index < -0.39 is 0 Å². The highest BCUT2D eigenvalue weighted by Crippen LogP contribution is 2.17. The van der Waals surface area contributed by atoms with Crippen molar-refractivity contribution in [2.24, 2.45) is 0 Å². The third-order valence-corrected chi connectivity index (χ3v) is 2.07. The topological polar surface area (TPSA) is 55.6 Å². The molecule has 1 amide bonds. The number of nitrogens with two attached hydrogens (primary N) is 1. The summed E-state index contributed by atoms with van der Waals surface area (Å²) in [6, 6.07) is 7.25. The van der Waals surface area contributed by atoms with Gasteiger partial charge in [-0.1, -0.05) is 6.07 Å². The predicted octanol–water partition coefficient (Wildman–Crippen LogP) is 1.27. The molecule has 0 bridgehead atoms. The minimum absolute atomic E-state index is 0.0643. The van der Waals surface area contributed by atoms with Crippen molar-refractivity contribution in [2.45, 2.75) is 6.92 Å². The zero-order valence-electron chi connectivity index (χ0n) is 9.06. The van der Waals surface area contributed by atoms with Crippen LogP contribution in [-0.4, -0.2) is 26.2 Å². The van der Waals surface area contributed by atoms with Crippen molar-refractivity contribution in [2.75, 3.05) is 30.9 Å². The average molecular weight is 208 g/mol. The largest absolute Gasteiger partial charge is 0.399 e. The fourth-order valence-corrected chi connectivity index (χ4v) is 1.40. The fourth-order valence-electron chi connectivity index (χ4n) is 1.40. The van der Waals surface area contributed by atoms with Crippen LogP contribution in [0.25, 0.3) is 0 Å². The maximum Gasteiger partial charge on any atom is 0.252 e. The van der Waals surface area contributed by atoms with E-state index in [1.807, 2.05) is 19.1 Å². The Morgan fingerprint density at radius 1 is 1.53 bits per heavy atom. The maximum absolute atomic E-state index is 11.6. The van der Waals surface area contributed by atoms with Crippen LogP contribution < -0.4 is 10.6 Å². The van der Waals surface area contributed by atoms with E-state index in [-0.39, 0.29) is 12.5 Å². The highest BCUT2D eigenvalue weighted by molar-refractivity contribution is 5.94. The van der Waals surface area contributed by atoms with E-state index in [0.29, 0.717) is 12.2 Å². The van der Waals surface area contributed by atoms with Gasteiger partial charge in [-0.2, -0.15) is 0 Å². The first-order chi connectivity index (χ1) is 7.19. The van der Waals surface area contributed by atoms with Gasteiger partial charge < -0.3 is 15.4 Å². The number of nitrogen functional groups attached to an aromatic ring is 1. The molecular formula is C11H16N2O2. The molecule has 0 unspecified atom stereocenters. The lowest BCUT2D eigenvalue weighted by Crippen LogP contribution is -2.33. The van der Waals surface area contributed by atoms with Crippen molar-refractivity contribution in [3.63, 3.8) is 0 Å². The lowest BCUT2D eigenvalue weighted by atomic mass is 10.2. The molecule has 1 aromatic rings. The number of carbonyl (C=O) groups excluding carboxylic acids is 1. The third-order valence-electron chi connectivity index (χ3n) is 2.07. The van der Waals surface area contributed by atoms with Gasteiger partial charge >= 0.3 is 0 Å². The summed E-state index contributed by atoms with van der Waals surface area (Å²) in [5.74, 6) is -0.0643. The lowest BCUT2D eigenvalue weighted by molar-refractivity contribution is -0.122. The Hall–Kier alpha value is -1.55. The number of methoxy groups -OCH3 is 1. The van der Waals surface area contributed by atoms with Crippen LogP contribution >= 0.6 is 0 Å². The maximum atomic E-state index is 11.6. The Bertz CT molecular complexity index is 339. The quantitative estimate of drug-likeness (QED) is 0.758. The number of likely N-dealkylation sites (N-methyl/N-ethyl adjacent to an activating group) is 1. The highest BCUT2D eigenvalue weighted by atomic mass is 16.5. The monoisotopic (exact) mass is 208 g/mol. The Morgan fingerprint density at radius 2 is 2.27 bits per heavy atom. The van der Waals surface area contributed by atoms with Crippen LogP contribution in [0.3, 0.4) is 0 Å². The van der Waals surface area contributed by atoms with Crippen LogP contribution in [0.1, 0.15) is 6.92 Å². The van der Waals surface area contributed by atoms with E-state index in [1.54, 1.807) is 17.0 Å². The first kappa shape index (κ1) is 11.5. The van der Waals surface area contributed by atoms with Crippen molar-refractivity contribution < 1.29 is 9.53 Å². The van der Waals surface area contributed by atoms with Gasteiger partial charge in [0, 0.05) is 25.0 Å². The molecule has 0 aliphatic heterocycles. The summed E-state index contributed by atoms with van der Waals surface area (Å²) in [5.41, 5.74) is 7.11. The number of hydrogen-bond donors (Lipinski definition) is 1. The number of amides is 1. The molecule has 2 N–H and O–H groups in total. The molecule has 1 aromatic carbocycles. The van der Waals surface area contributed by atoms with E-state index in [9.17, 15) is 4.79 Å². The van der Waals surface area contributed by atoms with Crippen LogP contribution in [0.2, 0.25) is 0 Å². The van der Waals surface area contributed by atoms with E-state index in [4.69, 9.17) is 10.5 Å². The summed E-state index contributed by atoms with van der Waals surface area (Å²) in [7, 11) is 1.51. The average Bonchev–Trinajstić information content (AvgIpc) is 2.19. The Morgan fingerprint density at radius 3 is 2.80 bits per heavy atom. The molecule has 4 nitrogen and oxygen atoms in total. The SMILES string of the molecule is CCN(C(=O)COC)c1cccc(N)c1. The number of anilines is 2. The molecule has 4 heteroatoms. The van der Waals surface area contributed by atoms with Gasteiger partial charge in [0.25, 0.3) is 5.91 Å². The van der Waals surface area contributed by atoms with Crippen LogP contribution in [0.4, 0.5) is 11.4 Å². The minimum atomic E-state index is -0.0643. The van der Waals surface area contributed by atoms with Crippen molar-refractivity contribution in [3.05, 3.63) is 24.3 Å². The lowest BCUT2D eigenvalue weighted by Gasteiger charge is -2.20. The van der Waals surface area contributed by atoms with Crippen LogP contribution in [0.15, 0.2) is 24.3 Å². The molecule has 15 heavy (non-hydrogen) atoms. The van der Waals surface area contributed by atoms with Gasteiger partial charge in [-0.15, -0.1) is 0 Å². The van der Waals surface area contributed by atoms with Gasteiger partial charge in [-0.3, -0.25) is 4.79 Å². The Balaban J connectivity index is 2.87. The molecule has 0 heterocycles. The summed E-state index contributed by atoms with van der Waals surface area (Å²) in [6.45, 7) is 2.60. The summed E-state index contributed by atoms with van der Waals surface area (Å²) in [5, 5.41) is 0. The smallest absolute Gasteiger partial charge is 0.252 e. The third kappa shape index (κ3) is 2.95. The molecular weight excluding hydrogens is 192 g/mol. The van der Waals surface area contributed by atoms with Gasteiger partial charge in [0.1, 0.15) is 6.61 Å². The second-order valence-corrected chi connectivity index (χ2v) is 3.17. The van der Waals surface area contributed by atoms with Crippen LogP contribution in [-0.2, 0) is 9.53 Å². The molecule has 0 fully saturated rings. The molecule has 0 aliphatic rings. The van der Waals surface area contributed by atoms with E-state index in [2.05, 4.69) is 0 Å². The first-order valence-corrected chi connectivity index (χ1v) is 4.84. The molecule has 1 rings (SSSR count). The van der Waals surface area contributed by atoms with Crippen LogP contribution in [0.5, 0.6) is 0 Å². The zero-order valence-corrected chi connectivity index (χ0v) is 9.06. The minimum Gasteiger partial charge on any atom is -0.399 e. The van der Waals surface area contributed by atoms with E-state index >= 15 is 0 Å². The normalized spacial score (nSPS) is 10.0. The molecule has 0 spiro atoms. The number of hydrogen-bond acceptors (Lipinski definition) is 3. The summed E-state index contributed by atoms with van der Waals surface area (Å²) < 4.78 is 4.82. The van der Waals surface area contributed by atoms with E-state index in [1.165, 1.54) is 7.11 Å². The molecule has 0 atom stereocenters. The fraction of sp³-hybridized carbons (Fsp3) is 0.364. The molecule has 82 valence electrons. The second kappa shape index (κ2) is 5.36. The number of benzene rings is 1. The van der Waals surface area contributed by atoms with Crippen molar-refractivity contribution in [1.29, 1.82) is 0 Å². The van der Waals surface area contributed by atoms with Gasteiger partial charge in [0.15, 0.2) is 0 Å².